The Morgan fingerprint density at radius 3 is 2.72 bits per heavy atom. The zero-order valence-corrected chi connectivity index (χ0v) is 17.9. The Morgan fingerprint density at radius 2 is 2.10 bits per heavy atom. The third-order valence-corrected chi connectivity index (χ3v) is 6.05. The van der Waals surface area contributed by atoms with Crippen LogP contribution in [0.25, 0.3) is 11.1 Å². The van der Waals surface area contributed by atoms with Crippen LogP contribution >= 0.6 is 22.9 Å². The van der Waals surface area contributed by atoms with E-state index in [4.69, 9.17) is 11.6 Å². The summed E-state index contributed by atoms with van der Waals surface area (Å²) in [7, 11) is 0. The number of halogens is 2. The molecule has 2 aromatic heterocycles. The van der Waals surface area contributed by atoms with Gasteiger partial charge in [-0.2, -0.15) is 0 Å². The monoisotopic (exact) mass is 432 g/mol. The number of carboxylic acids is 1. The SMILES string of the molecule is CCCCc1ncc(C(C)=C(C(=O)O)c2cccs2)n1Cc1c(F)cccc1Cl. The molecule has 3 aromatic rings. The molecule has 0 saturated heterocycles. The van der Waals surface area contributed by atoms with Gasteiger partial charge >= 0.3 is 5.97 Å². The molecule has 1 aromatic carbocycles. The first-order valence-corrected chi connectivity index (χ1v) is 10.7. The summed E-state index contributed by atoms with van der Waals surface area (Å²) in [5, 5.41) is 12.0. The Balaban J connectivity index is 2.15. The van der Waals surface area contributed by atoms with Gasteiger partial charge in [0.25, 0.3) is 0 Å². The Morgan fingerprint density at radius 1 is 1.31 bits per heavy atom. The van der Waals surface area contributed by atoms with Crippen LogP contribution in [0.1, 0.15) is 48.6 Å². The Hall–Kier alpha value is -2.44. The zero-order chi connectivity index (χ0) is 21.0. The number of hydrogen-bond acceptors (Lipinski definition) is 3. The summed E-state index contributed by atoms with van der Waals surface area (Å²) in [4.78, 5) is 17.2. The van der Waals surface area contributed by atoms with Crippen molar-refractivity contribution in [2.24, 2.45) is 0 Å². The molecule has 3 rings (SSSR count). The number of nitrogens with zero attached hydrogens (tertiary/aromatic N) is 2. The summed E-state index contributed by atoms with van der Waals surface area (Å²) in [6.07, 6.45) is 4.32. The van der Waals surface area contributed by atoms with E-state index >= 15 is 0 Å². The summed E-state index contributed by atoms with van der Waals surface area (Å²) in [6, 6.07) is 8.20. The predicted molar refractivity (Wildman–Crippen MR) is 116 cm³/mol. The molecule has 152 valence electrons. The summed E-state index contributed by atoms with van der Waals surface area (Å²) >= 11 is 7.62. The molecular formula is C22H22ClFN2O2S. The molecule has 0 spiro atoms. The maximum atomic E-state index is 14.4. The average Bonchev–Trinajstić information content (AvgIpc) is 3.33. The van der Waals surface area contributed by atoms with Gasteiger partial charge in [0.1, 0.15) is 11.6 Å². The number of allylic oxidation sites excluding steroid dienone is 1. The molecule has 0 bridgehead atoms. The molecule has 2 heterocycles. The highest BCUT2D eigenvalue weighted by Crippen LogP contribution is 2.31. The molecule has 4 nitrogen and oxygen atoms in total. The average molecular weight is 433 g/mol. The van der Waals surface area contributed by atoms with E-state index in [2.05, 4.69) is 11.9 Å². The lowest BCUT2D eigenvalue weighted by Gasteiger charge is -2.15. The van der Waals surface area contributed by atoms with E-state index in [9.17, 15) is 14.3 Å². The summed E-state index contributed by atoms with van der Waals surface area (Å²) in [5.74, 6) is -0.606. The second kappa shape index (κ2) is 9.37. The molecule has 0 aliphatic carbocycles. The molecule has 0 amide bonds. The standard InChI is InChI=1S/C22H22ClFN2O2S/c1-3-4-10-20-25-12-18(14(2)21(22(27)28)19-9-6-11-29-19)26(20)13-15-16(23)7-5-8-17(15)24/h5-9,11-12H,3-4,10,13H2,1-2H3,(H,27,28). The van der Waals surface area contributed by atoms with Gasteiger partial charge in [0, 0.05) is 21.9 Å². The van der Waals surface area contributed by atoms with Crippen molar-refractivity contribution in [2.75, 3.05) is 0 Å². The number of carboxylic acid groups (broad SMARTS) is 1. The van der Waals surface area contributed by atoms with Crippen molar-refractivity contribution in [3.05, 3.63) is 74.7 Å². The smallest absolute Gasteiger partial charge is 0.337 e. The molecule has 0 aliphatic rings. The van der Waals surface area contributed by atoms with Gasteiger partial charge < -0.3 is 9.67 Å². The molecule has 29 heavy (non-hydrogen) atoms. The minimum atomic E-state index is -1.00. The third kappa shape index (κ3) is 4.60. The van der Waals surface area contributed by atoms with Crippen LogP contribution in [0, 0.1) is 5.82 Å². The van der Waals surface area contributed by atoms with Crippen LogP contribution in [-0.4, -0.2) is 20.6 Å². The van der Waals surface area contributed by atoms with Gasteiger partial charge in [-0.1, -0.05) is 37.1 Å². The molecule has 7 heteroatoms. The van der Waals surface area contributed by atoms with Gasteiger partial charge in [-0.3, -0.25) is 0 Å². The van der Waals surface area contributed by atoms with Crippen LogP contribution in [0.4, 0.5) is 4.39 Å². The van der Waals surface area contributed by atoms with Crippen LogP contribution in [0.3, 0.4) is 0 Å². The van der Waals surface area contributed by atoms with Gasteiger partial charge in [-0.25, -0.2) is 14.2 Å². The molecule has 1 N–H and O–H groups in total. The number of unbranched alkanes of at least 4 members (excludes halogenated alkanes) is 1. The maximum absolute atomic E-state index is 14.4. The number of thiophene rings is 1. The highest BCUT2D eigenvalue weighted by molar-refractivity contribution is 7.11. The molecule has 0 aliphatic heterocycles. The first-order chi connectivity index (χ1) is 13.9. The van der Waals surface area contributed by atoms with Crippen molar-refractivity contribution < 1.29 is 14.3 Å². The number of aliphatic carboxylic acids is 1. The van der Waals surface area contributed by atoms with Gasteiger partial charge in [0.2, 0.25) is 0 Å². The largest absolute Gasteiger partial charge is 0.478 e. The third-order valence-electron chi connectivity index (χ3n) is 4.81. The van der Waals surface area contributed by atoms with Gasteiger partial charge in [0.05, 0.1) is 24.0 Å². The highest BCUT2D eigenvalue weighted by atomic mass is 35.5. The number of aryl methyl sites for hydroxylation is 1. The van der Waals surface area contributed by atoms with Crippen LogP contribution in [0.5, 0.6) is 0 Å². The first-order valence-electron chi connectivity index (χ1n) is 9.39. The molecule has 0 saturated carbocycles. The molecule has 0 fully saturated rings. The summed E-state index contributed by atoms with van der Waals surface area (Å²) in [5.41, 5.74) is 1.83. The second-order valence-electron chi connectivity index (χ2n) is 6.73. The second-order valence-corrected chi connectivity index (χ2v) is 8.09. The maximum Gasteiger partial charge on any atom is 0.337 e. The van der Waals surface area contributed by atoms with Crippen LogP contribution in [0.2, 0.25) is 5.02 Å². The van der Waals surface area contributed by atoms with Gasteiger partial charge in [0.15, 0.2) is 0 Å². The Labute approximate surface area is 178 Å². The van der Waals surface area contributed by atoms with E-state index in [1.807, 2.05) is 16.0 Å². The van der Waals surface area contributed by atoms with Crippen molar-refractivity contribution in [3.8, 4) is 0 Å². The van der Waals surface area contributed by atoms with Crippen LogP contribution in [-0.2, 0) is 17.8 Å². The van der Waals surface area contributed by atoms with E-state index in [0.717, 1.165) is 25.1 Å². The molecule has 0 atom stereocenters. The summed E-state index contributed by atoms with van der Waals surface area (Å²) in [6.45, 7) is 4.05. The van der Waals surface area contributed by atoms with Crippen molar-refractivity contribution in [2.45, 2.75) is 39.7 Å². The van der Waals surface area contributed by atoms with E-state index in [1.54, 1.807) is 31.3 Å². The number of hydrogen-bond donors (Lipinski definition) is 1. The Kier molecular flexibility index (Phi) is 6.87. The predicted octanol–water partition coefficient (Wildman–Crippen LogP) is 6.14. The highest BCUT2D eigenvalue weighted by Gasteiger charge is 2.21. The van der Waals surface area contributed by atoms with Crippen molar-refractivity contribution >= 4 is 40.1 Å². The fourth-order valence-corrected chi connectivity index (χ4v) is 4.31. The van der Waals surface area contributed by atoms with E-state index in [1.165, 1.54) is 17.4 Å². The van der Waals surface area contributed by atoms with E-state index in [0.29, 0.717) is 26.7 Å². The fourth-order valence-electron chi connectivity index (χ4n) is 3.27. The number of imidazole rings is 1. The quantitative estimate of drug-likeness (QED) is 0.435. The van der Waals surface area contributed by atoms with Crippen molar-refractivity contribution in [3.63, 3.8) is 0 Å². The summed E-state index contributed by atoms with van der Waals surface area (Å²) < 4.78 is 16.3. The minimum Gasteiger partial charge on any atom is -0.478 e. The number of rotatable bonds is 8. The zero-order valence-electron chi connectivity index (χ0n) is 16.3. The molecule has 0 radical (unpaired) electrons. The van der Waals surface area contributed by atoms with Crippen molar-refractivity contribution in [1.29, 1.82) is 0 Å². The minimum absolute atomic E-state index is 0.189. The first kappa shape index (κ1) is 21.3. The van der Waals surface area contributed by atoms with Gasteiger partial charge in [-0.15, -0.1) is 11.3 Å². The lowest BCUT2D eigenvalue weighted by molar-refractivity contribution is -0.130. The molecular weight excluding hydrogens is 411 g/mol. The Bertz CT molecular complexity index is 1020. The lowest BCUT2D eigenvalue weighted by Crippen LogP contribution is -2.11. The van der Waals surface area contributed by atoms with Crippen LogP contribution < -0.4 is 0 Å². The normalized spacial score (nSPS) is 12.1. The molecule has 0 unspecified atom stereocenters. The van der Waals surface area contributed by atoms with Gasteiger partial charge in [-0.05, 0) is 42.5 Å². The fraction of sp³-hybridized carbons (Fsp3) is 0.273. The van der Waals surface area contributed by atoms with E-state index in [-0.39, 0.29) is 12.1 Å². The number of benzene rings is 1. The number of carbonyl (C=O) groups is 1. The van der Waals surface area contributed by atoms with Crippen molar-refractivity contribution in [1.82, 2.24) is 9.55 Å². The number of aromatic nitrogens is 2. The lowest BCUT2D eigenvalue weighted by atomic mass is 10.0. The van der Waals surface area contributed by atoms with Crippen LogP contribution in [0.15, 0.2) is 41.9 Å². The topological polar surface area (TPSA) is 55.1 Å². The van der Waals surface area contributed by atoms with E-state index < -0.39 is 11.8 Å².